The van der Waals surface area contributed by atoms with E-state index in [4.69, 9.17) is 24.7 Å². The van der Waals surface area contributed by atoms with E-state index in [1.165, 1.54) is 0 Å². The number of nitrogens with two attached hydrogens (primary N) is 1. The highest BCUT2D eigenvalue weighted by Crippen LogP contribution is 2.49. The predicted molar refractivity (Wildman–Crippen MR) is 82.7 cm³/mol. The Hall–Kier alpha value is -2.40. The predicted octanol–water partition coefficient (Wildman–Crippen LogP) is 2.67. The SMILES string of the molecule is COc1cc2c(c(OCc3ccccc3)c1OC)C(N)CO2. The van der Waals surface area contributed by atoms with E-state index < -0.39 is 0 Å². The molecule has 3 rings (SSSR count). The number of rotatable bonds is 5. The molecule has 0 amide bonds. The van der Waals surface area contributed by atoms with E-state index in [1.54, 1.807) is 20.3 Å². The second kappa shape index (κ2) is 6.15. The zero-order valence-electron chi connectivity index (χ0n) is 12.7. The minimum absolute atomic E-state index is 0.236. The highest BCUT2D eigenvalue weighted by Gasteiger charge is 2.30. The Labute approximate surface area is 129 Å². The molecule has 5 nitrogen and oxygen atoms in total. The highest BCUT2D eigenvalue weighted by atomic mass is 16.5. The van der Waals surface area contributed by atoms with Crippen molar-refractivity contribution in [2.75, 3.05) is 20.8 Å². The Morgan fingerprint density at radius 2 is 1.91 bits per heavy atom. The first kappa shape index (κ1) is 14.5. The maximum atomic E-state index is 6.13. The van der Waals surface area contributed by atoms with Crippen molar-refractivity contribution in [2.45, 2.75) is 12.6 Å². The van der Waals surface area contributed by atoms with Gasteiger partial charge in [-0.1, -0.05) is 30.3 Å². The van der Waals surface area contributed by atoms with Gasteiger partial charge in [0.05, 0.1) is 25.8 Å². The molecule has 1 aliphatic heterocycles. The van der Waals surface area contributed by atoms with Gasteiger partial charge in [0.2, 0.25) is 5.75 Å². The molecule has 1 atom stereocenters. The Bertz CT molecular complexity index is 657. The smallest absolute Gasteiger partial charge is 0.203 e. The van der Waals surface area contributed by atoms with E-state index in [1.807, 2.05) is 30.3 Å². The van der Waals surface area contributed by atoms with Crippen molar-refractivity contribution in [2.24, 2.45) is 5.73 Å². The van der Waals surface area contributed by atoms with Crippen LogP contribution in [-0.2, 0) is 6.61 Å². The number of hydrogen-bond acceptors (Lipinski definition) is 5. The Morgan fingerprint density at radius 3 is 2.59 bits per heavy atom. The third-order valence-corrected chi connectivity index (χ3v) is 3.64. The van der Waals surface area contributed by atoms with Gasteiger partial charge in [0, 0.05) is 6.07 Å². The van der Waals surface area contributed by atoms with Crippen LogP contribution in [0.2, 0.25) is 0 Å². The van der Waals surface area contributed by atoms with Crippen molar-refractivity contribution in [1.82, 2.24) is 0 Å². The van der Waals surface area contributed by atoms with Crippen LogP contribution < -0.4 is 24.7 Å². The van der Waals surface area contributed by atoms with Gasteiger partial charge in [-0.2, -0.15) is 0 Å². The van der Waals surface area contributed by atoms with Gasteiger partial charge in [-0.15, -0.1) is 0 Å². The Kier molecular flexibility index (Phi) is 4.06. The number of hydrogen-bond donors (Lipinski definition) is 1. The third kappa shape index (κ3) is 2.55. The molecular weight excluding hydrogens is 282 g/mol. The molecule has 2 aromatic rings. The molecule has 0 aromatic heterocycles. The monoisotopic (exact) mass is 301 g/mol. The lowest BCUT2D eigenvalue weighted by Crippen LogP contribution is -2.12. The molecule has 0 saturated heterocycles. The number of benzene rings is 2. The molecule has 116 valence electrons. The molecule has 0 spiro atoms. The van der Waals surface area contributed by atoms with Crippen LogP contribution in [0.15, 0.2) is 36.4 Å². The summed E-state index contributed by atoms with van der Waals surface area (Å²) in [6, 6.07) is 11.5. The van der Waals surface area contributed by atoms with Crippen molar-refractivity contribution >= 4 is 0 Å². The number of methoxy groups -OCH3 is 2. The van der Waals surface area contributed by atoms with Gasteiger partial charge in [-0.3, -0.25) is 0 Å². The molecule has 2 aromatic carbocycles. The zero-order chi connectivity index (χ0) is 15.5. The van der Waals surface area contributed by atoms with Crippen LogP contribution in [0.25, 0.3) is 0 Å². The molecule has 22 heavy (non-hydrogen) atoms. The summed E-state index contributed by atoms with van der Waals surface area (Å²) in [5, 5.41) is 0. The minimum Gasteiger partial charge on any atom is -0.493 e. The first-order valence-electron chi connectivity index (χ1n) is 7.08. The summed E-state index contributed by atoms with van der Waals surface area (Å²) in [6.07, 6.45) is 0. The van der Waals surface area contributed by atoms with Gasteiger partial charge in [0.15, 0.2) is 11.5 Å². The molecular formula is C17H19NO4. The molecule has 0 fully saturated rings. The number of fused-ring (bicyclic) bond motifs is 1. The van der Waals surface area contributed by atoms with E-state index in [9.17, 15) is 0 Å². The fraction of sp³-hybridized carbons (Fsp3) is 0.294. The van der Waals surface area contributed by atoms with E-state index in [2.05, 4.69) is 0 Å². The average Bonchev–Trinajstić information content (AvgIpc) is 2.93. The highest BCUT2D eigenvalue weighted by molar-refractivity contribution is 5.64. The van der Waals surface area contributed by atoms with Crippen LogP contribution in [0.1, 0.15) is 17.2 Å². The Balaban J connectivity index is 1.99. The van der Waals surface area contributed by atoms with Crippen molar-refractivity contribution in [1.29, 1.82) is 0 Å². The summed E-state index contributed by atoms with van der Waals surface area (Å²) in [5.74, 6) is 2.38. The normalized spacial score (nSPS) is 15.9. The molecule has 0 aliphatic carbocycles. The van der Waals surface area contributed by atoms with E-state index in [0.717, 1.165) is 11.1 Å². The largest absolute Gasteiger partial charge is 0.493 e. The molecule has 0 radical (unpaired) electrons. The van der Waals surface area contributed by atoms with Crippen LogP contribution in [-0.4, -0.2) is 20.8 Å². The van der Waals surface area contributed by atoms with Crippen LogP contribution in [0.3, 0.4) is 0 Å². The standard InChI is InChI=1S/C17H19NO4/c1-19-14-8-13-15(12(18)10-21-13)17(16(14)20-2)22-9-11-6-4-3-5-7-11/h3-8,12H,9-10,18H2,1-2H3. The van der Waals surface area contributed by atoms with Crippen LogP contribution in [0.5, 0.6) is 23.0 Å². The van der Waals surface area contributed by atoms with Crippen molar-refractivity contribution in [3.05, 3.63) is 47.5 Å². The fourth-order valence-electron chi connectivity index (χ4n) is 2.56. The lowest BCUT2D eigenvalue weighted by atomic mass is 10.1. The fourth-order valence-corrected chi connectivity index (χ4v) is 2.56. The van der Waals surface area contributed by atoms with Crippen molar-refractivity contribution in [3.8, 4) is 23.0 Å². The topological polar surface area (TPSA) is 62.9 Å². The van der Waals surface area contributed by atoms with Gasteiger partial charge in [-0.05, 0) is 5.56 Å². The molecule has 5 heteroatoms. The lowest BCUT2D eigenvalue weighted by Gasteiger charge is -2.18. The van der Waals surface area contributed by atoms with Crippen molar-refractivity contribution in [3.63, 3.8) is 0 Å². The summed E-state index contributed by atoms with van der Waals surface area (Å²) in [7, 11) is 3.17. The molecule has 1 heterocycles. The van der Waals surface area contributed by atoms with E-state index in [0.29, 0.717) is 36.2 Å². The Morgan fingerprint density at radius 1 is 1.14 bits per heavy atom. The van der Waals surface area contributed by atoms with Crippen molar-refractivity contribution < 1.29 is 18.9 Å². The van der Waals surface area contributed by atoms with Crippen LogP contribution in [0.4, 0.5) is 0 Å². The molecule has 0 bridgehead atoms. The minimum atomic E-state index is -0.236. The van der Waals surface area contributed by atoms with Gasteiger partial charge < -0.3 is 24.7 Å². The summed E-state index contributed by atoms with van der Waals surface area (Å²) in [6.45, 7) is 0.844. The molecule has 2 N–H and O–H groups in total. The summed E-state index contributed by atoms with van der Waals surface area (Å²) >= 11 is 0. The first-order chi connectivity index (χ1) is 10.7. The maximum Gasteiger partial charge on any atom is 0.203 e. The third-order valence-electron chi connectivity index (χ3n) is 3.64. The van der Waals surface area contributed by atoms with Crippen LogP contribution in [0, 0.1) is 0 Å². The van der Waals surface area contributed by atoms with Gasteiger partial charge in [-0.25, -0.2) is 0 Å². The summed E-state index contributed by atoms with van der Waals surface area (Å²) in [5.41, 5.74) is 8.02. The number of ether oxygens (including phenoxy) is 4. The molecule has 0 saturated carbocycles. The second-order valence-corrected chi connectivity index (χ2v) is 5.04. The van der Waals surface area contributed by atoms with Crippen LogP contribution >= 0.6 is 0 Å². The zero-order valence-corrected chi connectivity index (χ0v) is 12.7. The second-order valence-electron chi connectivity index (χ2n) is 5.04. The maximum absolute atomic E-state index is 6.13. The molecule has 1 aliphatic rings. The first-order valence-corrected chi connectivity index (χ1v) is 7.08. The molecule has 1 unspecified atom stereocenters. The summed E-state index contributed by atoms with van der Waals surface area (Å²) < 4.78 is 22.4. The summed E-state index contributed by atoms with van der Waals surface area (Å²) in [4.78, 5) is 0. The van der Waals surface area contributed by atoms with E-state index in [-0.39, 0.29) is 6.04 Å². The average molecular weight is 301 g/mol. The van der Waals surface area contributed by atoms with Gasteiger partial charge >= 0.3 is 0 Å². The van der Waals surface area contributed by atoms with E-state index >= 15 is 0 Å². The quantitative estimate of drug-likeness (QED) is 0.920. The van der Waals surface area contributed by atoms with Gasteiger partial charge in [0.1, 0.15) is 19.0 Å². The lowest BCUT2D eigenvalue weighted by molar-refractivity contribution is 0.272. The van der Waals surface area contributed by atoms with Gasteiger partial charge in [0.25, 0.3) is 0 Å².